The van der Waals surface area contributed by atoms with E-state index in [9.17, 15) is 13.2 Å². The quantitative estimate of drug-likeness (QED) is 0.734. The van der Waals surface area contributed by atoms with Crippen molar-refractivity contribution in [2.45, 2.75) is 32.5 Å². The van der Waals surface area contributed by atoms with Gasteiger partial charge in [0.15, 0.2) is 0 Å². The molecule has 3 heterocycles. The average molecular weight is 368 g/mol. The van der Waals surface area contributed by atoms with Crippen LogP contribution in [-0.4, -0.2) is 57.4 Å². The van der Waals surface area contributed by atoms with Gasteiger partial charge in [-0.3, -0.25) is 9.58 Å². The molecule has 0 N–H and O–H groups in total. The molecule has 2 aromatic heterocycles. The van der Waals surface area contributed by atoms with Gasteiger partial charge in [0.1, 0.15) is 5.69 Å². The zero-order valence-corrected chi connectivity index (χ0v) is 14.8. The van der Waals surface area contributed by atoms with E-state index in [1.54, 1.807) is 25.4 Å². The van der Waals surface area contributed by atoms with Gasteiger partial charge >= 0.3 is 6.18 Å². The fraction of sp³-hybridized carbons (Fsp3) is 0.588. The van der Waals surface area contributed by atoms with E-state index in [1.807, 2.05) is 0 Å². The van der Waals surface area contributed by atoms with Crippen molar-refractivity contribution in [2.75, 3.05) is 37.6 Å². The molecule has 2 aromatic rings. The number of anilines is 1. The van der Waals surface area contributed by atoms with Crippen LogP contribution < -0.4 is 4.90 Å². The molecule has 1 saturated heterocycles. The number of aryl methyl sites for hydroxylation is 2. The van der Waals surface area contributed by atoms with Crippen molar-refractivity contribution in [3.63, 3.8) is 0 Å². The highest BCUT2D eigenvalue weighted by Gasteiger charge is 2.35. The number of piperazine rings is 1. The maximum Gasteiger partial charge on any atom is 0.433 e. The van der Waals surface area contributed by atoms with Crippen LogP contribution in [0.3, 0.4) is 0 Å². The van der Waals surface area contributed by atoms with Gasteiger partial charge in [0.25, 0.3) is 0 Å². The van der Waals surface area contributed by atoms with E-state index in [0.29, 0.717) is 18.7 Å². The van der Waals surface area contributed by atoms with Crippen LogP contribution >= 0.6 is 0 Å². The van der Waals surface area contributed by atoms with Crippen molar-refractivity contribution in [3.05, 3.63) is 35.9 Å². The molecule has 1 aliphatic rings. The number of unbranched alkanes of at least 4 members (excludes halogenated alkanes) is 1. The zero-order chi connectivity index (χ0) is 18.6. The maximum absolute atomic E-state index is 13.0. The Morgan fingerprint density at radius 1 is 1.00 bits per heavy atom. The molecule has 0 saturated carbocycles. The van der Waals surface area contributed by atoms with E-state index < -0.39 is 11.9 Å². The Balaban J connectivity index is 1.40. The fourth-order valence-corrected chi connectivity index (χ4v) is 3.17. The summed E-state index contributed by atoms with van der Waals surface area (Å²) < 4.78 is 39.9. The minimum Gasteiger partial charge on any atom is -0.338 e. The minimum absolute atomic E-state index is 0.292. The number of rotatable bonds is 6. The van der Waals surface area contributed by atoms with E-state index in [2.05, 4.69) is 24.9 Å². The summed E-state index contributed by atoms with van der Waals surface area (Å²) >= 11 is 0. The molecule has 0 atom stereocenters. The summed E-state index contributed by atoms with van der Waals surface area (Å²) in [5.41, 5.74) is -0.261. The molecule has 9 heteroatoms. The summed E-state index contributed by atoms with van der Waals surface area (Å²) in [6.07, 6.45) is 0.642. The van der Waals surface area contributed by atoms with E-state index in [-0.39, 0.29) is 0 Å². The summed E-state index contributed by atoms with van der Waals surface area (Å²) in [4.78, 5) is 13.0. The van der Waals surface area contributed by atoms with Crippen molar-refractivity contribution in [3.8, 4) is 0 Å². The molecule has 0 radical (unpaired) electrons. The maximum atomic E-state index is 13.0. The summed E-state index contributed by atoms with van der Waals surface area (Å²) in [5, 5.41) is 3.97. The zero-order valence-electron chi connectivity index (χ0n) is 14.8. The van der Waals surface area contributed by atoms with Gasteiger partial charge in [-0.05, 0) is 38.4 Å². The van der Waals surface area contributed by atoms with Crippen LogP contribution in [0.5, 0.6) is 0 Å². The van der Waals surface area contributed by atoms with Crippen LogP contribution in [0.25, 0.3) is 0 Å². The van der Waals surface area contributed by atoms with Crippen LogP contribution in [0.4, 0.5) is 19.1 Å². The second kappa shape index (κ2) is 8.03. The molecule has 0 spiro atoms. The highest BCUT2D eigenvalue weighted by atomic mass is 19.4. The largest absolute Gasteiger partial charge is 0.433 e. The second-order valence-electron chi connectivity index (χ2n) is 6.48. The molecule has 142 valence electrons. The SMILES string of the molecule is Cc1cc(C(F)(F)F)n(CCCCN2CCN(c3ncccn3)CC2)n1. The smallest absolute Gasteiger partial charge is 0.338 e. The van der Waals surface area contributed by atoms with Crippen LogP contribution in [0, 0.1) is 6.92 Å². The fourth-order valence-electron chi connectivity index (χ4n) is 3.17. The predicted molar refractivity (Wildman–Crippen MR) is 91.9 cm³/mol. The van der Waals surface area contributed by atoms with Crippen molar-refractivity contribution in [2.24, 2.45) is 0 Å². The van der Waals surface area contributed by atoms with E-state index in [0.717, 1.165) is 55.8 Å². The van der Waals surface area contributed by atoms with Crippen molar-refractivity contribution in [1.29, 1.82) is 0 Å². The Bertz CT molecular complexity index is 692. The van der Waals surface area contributed by atoms with Crippen LogP contribution in [0.2, 0.25) is 0 Å². The molecule has 1 fully saturated rings. The molecule has 6 nitrogen and oxygen atoms in total. The normalized spacial score (nSPS) is 16.2. The number of halogens is 3. The highest BCUT2D eigenvalue weighted by Crippen LogP contribution is 2.29. The molecule has 0 aromatic carbocycles. The van der Waals surface area contributed by atoms with Gasteiger partial charge in [0.05, 0.1) is 5.69 Å². The number of hydrogen-bond acceptors (Lipinski definition) is 5. The summed E-state index contributed by atoms with van der Waals surface area (Å²) in [5.74, 6) is 0.751. The minimum atomic E-state index is -4.35. The van der Waals surface area contributed by atoms with Crippen molar-refractivity contribution in [1.82, 2.24) is 24.6 Å². The molecule has 3 rings (SSSR count). The van der Waals surface area contributed by atoms with Crippen LogP contribution in [0.15, 0.2) is 24.5 Å². The molecular formula is C17H23F3N6. The van der Waals surface area contributed by atoms with Gasteiger partial charge in [-0.1, -0.05) is 0 Å². The first-order valence-electron chi connectivity index (χ1n) is 8.79. The first-order chi connectivity index (χ1) is 12.4. The summed E-state index contributed by atoms with van der Waals surface area (Å²) in [6.45, 7) is 6.30. The van der Waals surface area contributed by atoms with Gasteiger partial charge in [0, 0.05) is 45.1 Å². The van der Waals surface area contributed by atoms with Gasteiger partial charge in [-0.25, -0.2) is 9.97 Å². The Hall–Kier alpha value is -2.16. The molecule has 0 bridgehead atoms. The van der Waals surface area contributed by atoms with Gasteiger partial charge < -0.3 is 4.90 Å². The molecule has 0 aliphatic carbocycles. The molecule has 0 unspecified atom stereocenters. The lowest BCUT2D eigenvalue weighted by molar-refractivity contribution is -0.144. The standard InChI is InChI=1S/C17H23F3N6/c1-14-13-15(17(18,19)20)26(23-14)8-3-2-7-24-9-11-25(12-10-24)16-21-5-4-6-22-16/h4-6,13H,2-3,7-12H2,1H3. The molecule has 0 amide bonds. The Kier molecular flexibility index (Phi) is 5.75. The van der Waals surface area contributed by atoms with E-state index in [1.165, 1.54) is 0 Å². The van der Waals surface area contributed by atoms with E-state index >= 15 is 0 Å². The molecular weight excluding hydrogens is 345 g/mol. The summed E-state index contributed by atoms with van der Waals surface area (Å²) in [6, 6.07) is 2.90. The monoisotopic (exact) mass is 368 g/mol. The highest BCUT2D eigenvalue weighted by molar-refractivity contribution is 5.29. The Labute approximate surface area is 150 Å². The van der Waals surface area contributed by atoms with Crippen molar-refractivity contribution >= 4 is 5.95 Å². The lowest BCUT2D eigenvalue weighted by atomic mass is 10.2. The van der Waals surface area contributed by atoms with Crippen molar-refractivity contribution < 1.29 is 13.2 Å². The number of hydrogen-bond donors (Lipinski definition) is 0. The third-order valence-corrected chi connectivity index (χ3v) is 4.49. The Morgan fingerprint density at radius 3 is 2.31 bits per heavy atom. The number of nitrogens with zero attached hydrogens (tertiary/aromatic N) is 6. The first kappa shape index (κ1) is 18.6. The van der Waals surface area contributed by atoms with Gasteiger partial charge in [-0.2, -0.15) is 18.3 Å². The van der Waals surface area contributed by atoms with E-state index in [4.69, 9.17) is 0 Å². The van der Waals surface area contributed by atoms with Gasteiger partial charge in [-0.15, -0.1) is 0 Å². The third kappa shape index (κ3) is 4.72. The number of aromatic nitrogens is 4. The lowest BCUT2D eigenvalue weighted by Crippen LogP contribution is -2.47. The summed E-state index contributed by atoms with van der Waals surface area (Å²) in [7, 11) is 0. The van der Waals surface area contributed by atoms with Crippen LogP contribution in [-0.2, 0) is 12.7 Å². The predicted octanol–water partition coefficient (Wildman–Crippen LogP) is 2.60. The lowest BCUT2D eigenvalue weighted by Gasteiger charge is -2.34. The number of alkyl halides is 3. The average Bonchev–Trinajstić information content (AvgIpc) is 3.01. The second-order valence-corrected chi connectivity index (χ2v) is 6.48. The third-order valence-electron chi connectivity index (χ3n) is 4.49. The molecule has 26 heavy (non-hydrogen) atoms. The van der Waals surface area contributed by atoms with Gasteiger partial charge in [0.2, 0.25) is 5.95 Å². The molecule has 1 aliphatic heterocycles. The Morgan fingerprint density at radius 2 is 1.65 bits per heavy atom. The van der Waals surface area contributed by atoms with Crippen LogP contribution in [0.1, 0.15) is 24.2 Å². The topological polar surface area (TPSA) is 50.1 Å². The first-order valence-corrected chi connectivity index (χ1v) is 8.79.